The summed E-state index contributed by atoms with van der Waals surface area (Å²) in [5.74, 6) is 2.64. The number of aliphatic hydroxyl groups is 1. The second-order valence-corrected chi connectivity index (χ2v) is 3.83. The van der Waals surface area contributed by atoms with Crippen molar-refractivity contribution in [1.29, 1.82) is 0 Å². The lowest BCUT2D eigenvalue weighted by atomic mass is 10.2. The molecule has 0 aliphatic heterocycles. The number of hydrogen-bond donors (Lipinski definition) is 1. The van der Waals surface area contributed by atoms with Crippen LogP contribution in [-0.2, 0) is 13.2 Å². The number of benzene rings is 1. The van der Waals surface area contributed by atoms with Crippen LogP contribution in [0.3, 0.4) is 0 Å². The molecule has 0 fully saturated rings. The molecule has 0 unspecified atom stereocenters. The summed E-state index contributed by atoms with van der Waals surface area (Å²) in [6, 6.07) is 8.12. The number of rotatable bonds is 4. The SMILES string of the molecule is C#CCCCn1cc(CO)c2ccccc21. The number of aliphatic hydroxyl groups excluding tert-OH is 1. The van der Waals surface area contributed by atoms with Crippen LogP contribution in [-0.4, -0.2) is 9.67 Å². The molecule has 1 aromatic carbocycles. The molecule has 0 aliphatic rings. The molecular formula is C14H15NO. The van der Waals surface area contributed by atoms with Gasteiger partial charge in [0.15, 0.2) is 0 Å². The Morgan fingerprint density at radius 1 is 1.31 bits per heavy atom. The molecule has 1 aromatic heterocycles. The van der Waals surface area contributed by atoms with Gasteiger partial charge in [0.2, 0.25) is 0 Å². The van der Waals surface area contributed by atoms with Gasteiger partial charge in [0.05, 0.1) is 6.61 Å². The fourth-order valence-corrected chi connectivity index (χ4v) is 1.99. The Hall–Kier alpha value is -1.72. The molecule has 2 aromatic rings. The van der Waals surface area contributed by atoms with Crippen LogP contribution in [0.1, 0.15) is 18.4 Å². The topological polar surface area (TPSA) is 25.2 Å². The Bertz CT molecular complexity index is 519. The van der Waals surface area contributed by atoms with E-state index in [0.717, 1.165) is 30.3 Å². The molecule has 2 nitrogen and oxygen atoms in total. The zero-order valence-electron chi connectivity index (χ0n) is 9.19. The van der Waals surface area contributed by atoms with Crippen LogP contribution >= 0.6 is 0 Å². The molecule has 0 saturated carbocycles. The maximum absolute atomic E-state index is 9.27. The minimum absolute atomic E-state index is 0.0860. The maximum atomic E-state index is 9.27. The lowest BCUT2D eigenvalue weighted by Gasteiger charge is -2.02. The van der Waals surface area contributed by atoms with Gasteiger partial charge < -0.3 is 9.67 Å². The Morgan fingerprint density at radius 2 is 2.12 bits per heavy atom. The zero-order valence-corrected chi connectivity index (χ0v) is 9.19. The molecule has 82 valence electrons. The minimum Gasteiger partial charge on any atom is -0.392 e. The van der Waals surface area contributed by atoms with Crippen LogP contribution in [0.5, 0.6) is 0 Å². The average molecular weight is 213 g/mol. The Kier molecular flexibility index (Phi) is 3.28. The number of nitrogens with zero attached hydrogens (tertiary/aromatic N) is 1. The lowest BCUT2D eigenvalue weighted by molar-refractivity contribution is 0.283. The number of terminal acetylenes is 1. The summed E-state index contributed by atoms with van der Waals surface area (Å²) in [6.45, 7) is 0.993. The Morgan fingerprint density at radius 3 is 2.88 bits per heavy atom. The highest BCUT2D eigenvalue weighted by Gasteiger charge is 2.06. The third kappa shape index (κ3) is 1.95. The first-order chi connectivity index (χ1) is 7.86. The van der Waals surface area contributed by atoms with E-state index < -0.39 is 0 Å². The highest BCUT2D eigenvalue weighted by Crippen LogP contribution is 2.21. The fourth-order valence-electron chi connectivity index (χ4n) is 1.99. The molecule has 16 heavy (non-hydrogen) atoms. The van der Waals surface area contributed by atoms with E-state index in [4.69, 9.17) is 6.42 Å². The van der Waals surface area contributed by atoms with Gasteiger partial charge in [-0.1, -0.05) is 18.2 Å². The van der Waals surface area contributed by atoms with Gasteiger partial charge in [0.1, 0.15) is 0 Å². The predicted molar refractivity (Wildman–Crippen MR) is 65.9 cm³/mol. The van der Waals surface area contributed by atoms with Crippen molar-refractivity contribution >= 4 is 10.9 Å². The van der Waals surface area contributed by atoms with Crippen molar-refractivity contribution in [2.75, 3.05) is 0 Å². The molecule has 1 heterocycles. The average Bonchev–Trinajstić information content (AvgIpc) is 2.68. The Labute approximate surface area is 95.5 Å². The number of unbranched alkanes of at least 4 members (excludes halogenated alkanes) is 1. The summed E-state index contributed by atoms with van der Waals surface area (Å²) in [5, 5.41) is 10.4. The van der Waals surface area contributed by atoms with Crippen LogP contribution in [0.2, 0.25) is 0 Å². The van der Waals surface area contributed by atoms with Gasteiger partial charge in [-0.2, -0.15) is 0 Å². The van der Waals surface area contributed by atoms with Crippen LogP contribution in [0, 0.1) is 12.3 Å². The molecule has 0 aliphatic carbocycles. The number of aryl methyl sites for hydroxylation is 1. The largest absolute Gasteiger partial charge is 0.392 e. The van der Waals surface area contributed by atoms with E-state index >= 15 is 0 Å². The van der Waals surface area contributed by atoms with Gasteiger partial charge in [-0.15, -0.1) is 12.3 Å². The fraction of sp³-hybridized carbons (Fsp3) is 0.286. The monoisotopic (exact) mass is 213 g/mol. The van der Waals surface area contributed by atoms with Gasteiger partial charge in [-0.3, -0.25) is 0 Å². The van der Waals surface area contributed by atoms with Crippen LogP contribution in [0.25, 0.3) is 10.9 Å². The van der Waals surface area contributed by atoms with Gasteiger partial charge in [-0.25, -0.2) is 0 Å². The maximum Gasteiger partial charge on any atom is 0.0702 e. The highest BCUT2D eigenvalue weighted by molar-refractivity contribution is 5.83. The first-order valence-electron chi connectivity index (χ1n) is 5.48. The van der Waals surface area contributed by atoms with E-state index in [1.807, 2.05) is 24.4 Å². The zero-order chi connectivity index (χ0) is 11.4. The van der Waals surface area contributed by atoms with Crippen molar-refractivity contribution in [2.45, 2.75) is 26.0 Å². The smallest absolute Gasteiger partial charge is 0.0702 e. The minimum atomic E-state index is 0.0860. The van der Waals surface area contributed by atoms with E-state index in [9.17, 15) is 5.11 Å². The second-order valence-electron chi connectivity index (χ2n) is 3.83. The summed E-state index contributed by atoms with van der Waals surface area (Å²) in [6.07, 6.45) is 9.02. The molecule has 2 heteroatoms. The normalized spacial score (nSPS) is 10.5. The number of hydrogen-bond acceptors (Lipinski definition) is 1. The predicted octanol–water partition coefficient (Wildman–Crippen LogP) is 2.55. The van der Waals surface area contributed by atoms with Crippen LogP contribution in [0.4, 0.5) is 0 Å². The van der Waals surface area contributed by atoms with Gasteiger partial charge in [0, 0.05) is 35.6 Å². The molecule has 0 amide bonds. The van der Waals surface area contributed by atoms with Crippen molar-refractivity contribution in [3.05, 3.63) is 36.0 Å². The summed E-state index contributed by atoms with van der Waals surface area (Å²) in [4.78, 5) is 0. The van der Waals surface area contributed by atoms with Crippen molar-refractivity contribution in [3.63, 3.8) is 0 Å². The molecule has 0 spiro atoms. The van der Waals surface area contributed by atoms with Crippen LogP contribution < -0.4 is 0 Å². The summed E-state index contributed by atoms with van der Waals surface area (Å²) >= 11 is 0. The Balaban J connectivity index is 2.34. The van der Waals surface area contributed by atoms with Crippen molar-refractivity contribution < 1.29 is 5.11 Å². The van der Waals surface area contributed by atoms with Gasteiger partial charge >= 0.3 is 0 Å². The lowest BCUT2D eigenvalue weighted by Crippen LogP contribution is -1.95. The van der Waals surface area contributed by atoms with Crippen molar-refractivity contribution in [2.24, 2.45) is 0 Å². The standard InChI is InChI=1S/C14H15NO/c1-2-3-6-9-15-10-12(11-16)13-7-4-5-8-14(13)15/h1,4-5,7-8,10,16H,3,6,9,11H2. The molecule has 2 rings (SSSR count). The molecule has 0 radical (unpaired) electrons. The van der Waals surface area contributed by atoms with Crippen LogP contribution in [0.15, 0.2) is 30.5 Å². The summed E-state index contributed by atoms with van der Waals surface area (Å²) in [5.41, 5.74) is 2.15. The van der Waals surface area contributed by atoms with Crippen molar-refractivity contribution in [1.82, 2.24) is 4.57 Å². The van der Waals surface area contributed by atoms with Gasteiger partial charge in [0.25, 0.3) is 0 Å². The molecular weight excluding hydrogens is 198 g/mol. The molecule has 0 atom stereocenters. The van der Waals surface area contributed by atoms with E-state index in [1.165, 1.54) is 5.52 Å². The van der Waals surface area contributed by atoms with E-state index in [-0.39, 0.29) is 6.61 Å². The van der Waals surface area contributed by atoms with E-state index in [2.05, 4.69) is 16.6 Å². The second kappa shape index (κ2) is 4.87. The quantitative estimate of drug-likeness (QED) is 0.612. The molecule has 0 saturated heterocycles. The number of fused-ring (bicyclic) bond motifs is 1. The summed E-state index contributed by atoms with van der Waals surface area (Å²) < 4.78 is 2.16. The van der Waals surface area contributed by atoms with Crippen molar-refractivity contribution in [3.8, 4) is 12.3 Å². The first kappa shape index (κ1) is 10.8. The highest BCUT2D eigenvalue weighted by atomic mass is 16.3. The first-order valence-corrected chi connectivity index (χ1v) is 5.48. The van der Waals surface area contributed by atoms with E-state index in [1.54, 1.807) is 0 Å². The van der Waals surface area contributed by atoms with Gasteiger partial charge in [-0.05, 0) is 12.5 Å². The number of para-hydroxylation sites is 1. The van der Waals surface area contributed by atoms with E-state index in [0.29, 0.717) is 0 Å². The third-order valence-electron chi connectivity index (χ3n) is 2.76. The third-order valence-corrected chi connectivity index (χ3v) is 2.76. The molecule has 1 N–H and O–H groups in total. The molecule has 0 bridgehead atoms. The summed E-state index contributed by atoms with van der Waals surface area (Å²) in [7, 11) is 0. The number of aromatic nitrogens is 1.